The lowest BCUT2D eigenvalue weighted by molar-refractivity contribution is -0.288. The molecule has 0 radical (unpaired) electrons. The monoisotopic (exact) mass is 1380 g/mol. The molecule has 29 nitrogen and oxygen atoms in total. The van der Waals surface area contributed by atoms with Crippen LogP contribution >= 0.6 is 0 Å². The van der Waals surface area contributed by atoms with Crippen molar-refractivity contribution < 1.29 is 100 Å². The minimum atomic E-state index is -1.80. The van der Waals surface area contributed by atoms with Gasteiger partial charge < -0.3 is 84.5 Å². The summed E-state index contributed by atoms with van der Waals surface area (Å²) < 4.78 is 52.4. The second-order valence-corrected chi connectivity index (χ2v) is 26.3. The van der Waals surface area contributed by atoms with Crippen LogP contribution in [0.25, 0.3) is 0 Å². The molecule has 2 saturated heterocycles. The first-order chi connectivity index (χ1) is 46.0. The van der Waals surface area contributed by atoms with Crippen LogP contribution in [0.3, 0.4) is 0 Å². The second kappa shape index (κ2) is 38.4. The lowest BCUT2D eigenvalue weighted by Crippen LogP contribution is -2.63. The van der Waals surface area contributed by atoms with Gasteiger partial charge in [-0.2, -0.15) is 0 Å². The van der Waals surface area contributed by atoms with E-state index in [0.29, 0.717) is 31.4 Å². The van der Waals surface area contributed by atoms with Gasteiger partial charge in [0.05, 0.1) is 60.5 Å². The van der Waals surface area contributed by atoms with E-state index in [1.807, 2.05) is 19.9 Å². The molecular formula is C69H106N8O21. The highest BCUT2D eigenvalue weighted by Gasteiger charge is 2.54. The number of aliphatic hydroxyl groups excluding tert-OH is 1. The highest BCUT2D eigenvalue weighted by Crippen LogP contribution is 2.36. The summed E-state index contributed by atoms with van der Waals surface area (Å²) in [6, 6.07) is 6.83. The molecule has 2 heterocycles. The van der Waals surface area contributed by atoms with Crippen molar-refractivity contribution in [1.29, 1.82) is 0 Å². The third-order valence-corrected chi connectivity index (χ3v) is 17.7. The van der Waals surface area contributed by atoms with Crippen molar-refractivity contribution in [2.45, 2.75) is 227 Å². The van der Waals surface area contributed by atoms with E-state index in [2.05, 4.69) is 21.3 Å². The summed E-state index contributed by atoms with van der Waals surface area (Å²) in [5, 5.41) is 22.1. The largest absolute Gasteiger partial charge is 0.463 e. The Morgan fingerprint density at radius 1 is 0.694 bits per heavy atom. The van der Waals surface area contributed by atoms with E-state index in [4.69, 9.17) is 48.4 Å². The Kier molecular flexibility index (Phi) is 32.3. The van der Waals surface area contributed by atoms with E-state index in [9.17, 15) is 57.8 Å². The number of hydrogen-bond acceptors (Lipinski definition) is 22. The number of carbonyl (C=O) groups excluding carboxylic acids is 11. The van der Waals surface area contributed by atoms with Gasteiger partial charge in [-0.15, -0.1) is 0 Å². The summed E-state index contributed by atoms with van der Waals surface area (Å²) >= 11 is 0. The van der Waals surface area contributed by atoms with Gasteiger partial charge in [0.1, 0.15) is 43.2 Å². The molecule has 17 atom stereocenters. The average Bonchev–Trinajstić information content (AvgIpc) is 0.809. The summed E-state index contributed by atoms with van der Waals surface area (Å²) in [6.07, 6.45) is -9.95. The van der Waals surface area contributed by atoms with Gasteiger partial charge in [-0.05, 0) is 73.6 Å². The first kappa shape index (κ1) is 82.4. The third kappa shape index (κ3) is 22.8. The maximum atomic E-state index is 15.0. The maximum absolute atomic E-state index is 15.0. The van der Waals surface area contributed by atoms with E-state index in [0.717, 1.165) is 32.6 Å². The minimum absolute atomic E-state index is 0.0866. The number of anilines is 1. The smallest absolute Gasteiger partial charge is 0.410 e. The number of likely N-dealkylation sites (N-methyl/N-ethyl adjacent to an activating group) is 2. The van der Waals surface area contributed by atoms with Gasteiger partial charge in [-0.25, -0.2) is 4.79 Å². The first-order valence-corrected chi connectivity index (χ1v) is 33.3. The first-order valence-electron chi connectivity index (χ1n) is 33.3. The standard InChI is InChI=1S/C69H106N8O21/c1-20-38(8)57(51(90-18)32-53(82)77-30-24-27-49(77)59(91-19)39(9)63(84)71-40(10)58(83)47-25-22-21-23-26-47)75(16)67(88)55(36(4)5)74-66(87)56(37(6)7)76(17)69(89)93-33-46-28-29-48(73-64(85)41(11)72-65(86)54(70)35(2)3)50(31-46)97-68-62(96-45(15)81)61(95-44(14)80)60(94-43(13)79)52(98-68)34-92-42(12)78/h21-23,25-26,28-29,31,35-41,49,51-52,54-62,68,83H,20,24,27,30,32-34,70H2,1-19H3,(H,71,84)(H,72,86)(H,73,85)(H,74,87)/t38-,39+,40+,41-,49-,51+,52+,54-,55-,56-,57-,58+,59+,60-,61-,62+,68+/m0/s1. The number of methoxy groups -OCH3 is 2. The molecule has 0 aromatic heterocycles. The SMILES string of the molecule is CC[C@H](C)[C@@H]([C@@H](CC(=O)N1CCC[C@H]1[C@H](OC)[C@@H](C)C(=O)N[C@H](C)[C@@H](O)c1ccccc1)OC)N(C)C(=O)[C@@H](NC(=O)[C@H](C(C)C)N(C)C(=O)OCc1ccc(NC(=O)[C@H](C)NC(=O)[C@@H](N)C(C)C)c(O[C@@H]2O[C@H](COC(C)=O)[C@H](OC(C)=O)[C@H](OC(C)=O)[C@H]2OC(C)=O)c1)C(C)C. The van der Waals surface area contributed by atoms with E-state index in [1.54, 1.807) is 91.6 Å². The molecule has 4 rings (SSSR count). The number of amides is 7. The lowest BCUT2D eigenvalue weighted by Gasteiger charge is -2.44. The quantitative estimate of drug-likeness (QED) is 0.0416. The molecule has 29 heteroatoms. The molecular weight excluding hydrogens is 1280 g/mol. The van der Waals surface area contributed by atoms with Crippen LogP contribution in [0.15, 0.2) is 48.5 Å². The second-order valence-electron chi connectivity index (χ2n) is 26.3. The van der Waals surface area contributed by atoms with Gasteiger partial charge >= 0.3 is 30.0 Å². The van der Waals surface area contributed by atoms with Crippen molar-refractivity contribution >= 4 is 71.1 Å². The highest BCUT2D eigenvalue weighted by atomic mass is 16.7. The molecule has 0 bridgehead atoms. The Hall–Kier alpha value is -7.99. The Morgan fingerprint density at radius 3 is 1.86 bits per heavy atom. The molecule has 0 unspecified atom stereocenters. The van der Waals surface area contributed by atoms with Gasteiger partial charge in [-0.3, -0.25) is 52.8 Å². The number of carbonyl (C=O) groups is 11. The van der Waals surface area contributed by atoms with E-state index >= 15 is 0 Å². The van der Waals surface area contributed by atoms with Gasteiger partial charge in [0.15, 0.2) is 12.2 Å². The van der Waals surface area contributed by atoms with Crippen LogP contribution < -0.4 is 31.7 Å². The van der Waals surface area contributed by atoms with Crippen LogP contribution in [-0.4, -0.2) is 212 Å². The molecule has 7 N–H and O–H groups in total. The summed E-state index contributed by atoms with van der Waals surface area (Å²) in [7, 11) is 5.92. The van der Waals surface area contributed by atoms with E-state index in [-0.39, 0.29) is 47.1 Å². The van der Waals surface area contributed by atoms with Crippen molar-refractivity contribution in [3.8, 4) is 5.75 Å². The molecule has 2 aromatic carbocycles. The van der Waals surface area contributed by atoms with Crippen LogP contribution in [0.4, 0.5) is 10.5 Å². The fourth-order valence-electron chi connectivity index (χ4n) is 12.1. The Labute approximate surface area is 575 Å². The predicted octanol–water partition coefficient (Wildman–Crippen LogP) is 4.47. The van der Waals surface area contributed by atoms with Gasteiger partial charge in [0.2, 0.25) is 47.8 Å². The van der Waals surface area contributed by atoms with Crippen molar-refractivity contribution in [3.05, 3.63) is 59.7 Å². The number of benzene rings is 2. The van der Waals surface area contributed by atoms with Crippen molar-refractivity contribution in [2.75, 3.05) is 46.8 Å². The minimum Gasteiger partial charge on any atom is -0.463 e. The van der Waals surface area contributed by atoms with E-state index < -0.39 is 176 Å². The molecule has 0 aliphatic carbocycles. The van der Waals surface area contributed by atoms with Gasteiger partial charge in [-0.1, -0.05) is 105 Å². The normalized spacial score (nSPS) is 21.0. The Balaban J connectivity index is 1.61. The summed E-state index contributed by atoms with van der Waals surface area (Å²) in [5.41, 5.74) is 6.81. The molecule has 0 spiro atoms. The molecule has 2 fully saturated rings. The molecule has 2 aliphatic heterocycles. The van der Waals surface area contributed by atoms with Crippen molar-refractivity contribution in [2.24, 2.45) is 35.3 Å². The van der Waals surface area contributed by atoms with Crippen molar-refractivity contribution in [3.63, 3.8) is 0 Å². The molecule has 2 aliphatic rings. The Morgan fingerprint density at radius 2 is 1.31 bits per heavy atom. The number of rotatable bonds is 34. The van der Waals surface area contributed by atoms with Crippen LogP contribution in [0, 0.1) is 29.6 Å². The molecule has 7 amide bonds. The van der Waals surface area contributed by atoms with Crippen molar-refractivity contribution in [1.82, 2.24) is 30.7 Å². The predicted molar refractivity (Wildman–Crippen MR) is 357 cm³/mol. The number of hydrogen-bond donors (Lipinski definition) is 6. The number of nitrogens with zero attached hydrogens (tertiary/aromatic N) is 3. The molecule has 0 saturated carbocycles. The lowest BCUT2D eigenvalue weighted by atomic mass is 9.89. The molecule has 548 valence electrons. The topological polar surface area (TPSA) is 375 Å². The number of esters is 4. The van der Waals surface area contributed by atoms with Gasteiger partial charge in [0, 0.05) is 62.6 Å². The van der Waals surface area contributed by atoms with Crippen LogP contribution in [0.1, 0.15) is 147 Å². The average molecular weight is 1380 g/mol. The number of likely N-dealkylation sites (tertiary alicyclic amines) is 1. The summed E-state index contributed by atoms with van der Waals surface area (Å²) in [5.74, 6) is -9.17. The van der Waals surface area contributed by atoms with E-state index in [1.165, 1.54) is 51.3 Å². The van der Waals surface area contributed by atoms with Crippen LogP contribution in [-0.2, 0) is 92.4 Å². The fourth-order valence-corrected chi connectivity index (χ4v) is 12.1. The zero-order valence-electron chi connectivity index (χ0n) is 60.1. The zero-order valence-corrected chi connectivity index (χ0v) is 60.1. The van der Waals surface area contributed by atoms with Gasteiger partial charge in [0.25, 0.3) is 0 Å². The number of aliphatic hydroxyl groups is 1. The molecule has 98 heavy (non-hydrogen) atoms. The third-order valence-electron chi connectivity index (χ3n) is 17.7. The summed E-state index contributed by atoms with van der Waals surface area (Å²) in [6.45, 7) is 22.7. The maximum Gasteiger partial charge on any atom is 0.410 e. The number of nitrogens with two attached hydrogens (primary N) is 1. The van der Waals surface area contributed by atoms with Crippen LogP contribution in [0.5, 0.6) is 5.75 Å². The zero-order chi connectivity index (χ0) is 73.7. The fraction of sp³-hybridized carbons (Fsp3) is 0.667. The molecule has 2 aromatic rings. The number of ether oxygens (including phenoxy) is 9. The Bertz CT molecular complexity index is 3040. The van der Waals surface area contributed by atoms with Crippen LogP contribution in [0.2, 0.25) is 0 Å². The summed E-state index contributed by atoms with van der Waals surface area (Å²) in [4.78, 5) is 153. The number of nitrogens with one attached hydrogen (secondary N) is 4. The highest BCUT2D eigenvalue weighted by molar-refractivity contribution is 5.98.